The number of rotatable bonds is 5. The monoisotopic (exact) mass is 345 g/mol. The molecule has 0 unspecified atom stereocenters. The van der Waals surface area contributed by atoms with Crippen molar-refractivity contribution < 1.29 is 19.1 Å². The second-order valence-electron chi connectivity index (χ2n) is 4.72. The number of hydrogen-bond donors (Lipinski definition) is 0. The first-order valence-corrected chi connectivity index (χ1v) is 8.39. The van der Waals surface area contributed by atoms with Crippen LogP contribution in [0.15, 0.2) is 64.9 Å². The molecule has 0 aromatic heterocycles. The number of para-hydroxylation sites is 1. The highest BCUT2D eigenvalue weighted by atomic mass is 32.2. The van der Waals surface area contributed by atoms with E-state index in [9.17, 15) is 9.59 Å². The molecule has 0 spiro atoms. The fourth-order valence-corrected chi connectivity index (χ4v) is 3.08. The fraction of sp³-hybridized carbons (Fsp3) is 0.222. The van der Waals surface area contributed by atoms with Gasteiger partial charge in [0, 0.05) is 11.1 Å². The average Bonchev–Trinajstić information content (AvgIpc) is 2.84. The van der Waals surface area contributed by atoms with Gasteiger partial charge in [0.25, 0.3) is 0 Å². The topological polar surface area (TPSA) is 55.8 Å². The van der Waals surface area contributed by atoms with E-state index >= 15 is 0 Å². The number of carbonyl (C=O) groups excluding carboxylic acids is 2. The van der Waals surface area contributed by atoms with Crippen molar-refractivity contribution in [2.45, 2.75) is 11.8 Å². The Hall–Kier alpha value is -2.47. The van der Waals surface area contributed by atoms with Crippen molar-refractivity contribution in [1.29, 1.82) is 0 Å². The zero-order valence-electron chi connectivity index (χ0n) is 13.8. The summed E-state index contributed by atoms with van der Waals surface area (Å²) in [7, 11) is 2.56. The molecule has 0 amide bonds. The normalized spacial score (nSPS) is 13.7. The van der Waals surface area contributed by atoms with E-state index in [4.69, 9.17) is 9.47 Å². The zero-order chi connectivity index (χ0) is 17.5. The number of anilines is 1. The number of esters is 2. The zero-order valence-corrected chi connectivity index (χ0v) is 14.6. The van der Waals surface area contributed by atoms with Crippen LogP contribution in [0.3, 0.4) is 0 Å². The molecule has 0 atom stereocenters. The van der Waals surface area contributed by atoms with E-state index in [0.29, 0.717) is 0 Å². The molecule has 1 heterocycles. The molecule has 1 aliphatic rings. The Morgan fingerprint density at radius 1 is 1.08 bits per heavy atom. The van der Waals surface area contributed by atoms with Crippen LogP contribution in [0.1, 0.15) is 6.92 Å². The first-order valence-electron chi connectivity index (χ1n) is 7.40. The summed E-state index contributed by atoms with van der Waals surface area (Å²) >= 11 is 1.65. The molecule has 126 valence electrons. The molecular weight excluding hydrogens is 326 g/mol. The fourth-order valence-electron chi connectivity index (χ4n) is 2.28. The Balaban J connectivity index is 2.66. The van der Waals surface area contributed by atoms with Gasteiger partial charge in [0.1, 0.15) is 5.70 Å². The molecule has 24 heavy (non-hydrogen) atoms. The molecule has 1 aliphatic heterocycles. The van der Waals surface area contributed by atoms with Gasteiger partial charge in [0.05, 0.1) is 25.5 Å². The molecule has 0 saturated heterocycles. The number of hydrogen-bond acceptors (Lipinski definition) is 6. The van der Waals surface area contributed by atoms with E-state index in [2.05, 4.69) is 6.92 Å². The van der Waals surface area contributed by atoms with Crippen LogP contribution in [-0.4, -0.2) is 31.9 Å². The van der Waals surface area contributed by atoms with E-state index in [-0.39, 0.29) is 11.3 Å². The largest absolute Gasteiger partial charge is 0.465 e. The Labute approximate surface area is 145 Å². The third-order valence-corrected chi connectivity index (χ3v) is 4.26. The minimum atomic E-state index is -0.608. The smallest absolute Gasteiger partial charge is 0.355 e. The van der Waals surface area contributed by atoms with Crippen molar-refractivity contribution in [2.24, 2.45) is 0 Å². The van der Waals surface area contributed by atoms with Gasteiger partial charge in [-0.25, -0.2) is 9.59 Å². The summed E-state index contributed by atoms with van der Waals surface area (Å²) in [6.45, 7) is 2.05. The number of nitrogens with zero attached hydrogens (tertiary/aromatic N) is 1. The molecule has 0 bridgehead atoms. The van der Waals surface area contributed by atoms with Crippen LogP contribution in [-0.2, 0) is 19.1 Å². The van der Waals surface area contributed by atoms with E-state index in [1.54, 1.807) is 41.1 Å². The van der Waals surface area contributed by atoms with Crippen LogP contribution in [0, 0.1) is 0 Å². The molecule has 0 aliphatic carbocycles. The van der Waals surface area contributed by atoms with E-state index in [1.165, 1.54) is 14.2 Å². The summed E-state index contributed by atoms with van der Waals surface area (Å²) in [5.74, 6) is -0.322. The quantitative estimate of drug-likeness (QED) is 0.603. The number of carbonyl (C=O) groups is 2. The molecule has 0 N–H and O–H groups in total. The third-order valence-electron chi connectivity index (χ3n) is 3.31. The highest BCUT2D eigenvalue weighted by Gasteiger charge is 2.28. The van der Waals surface area contributed by atoms with Gasteiger partial charge in [-0.05, 0) is 30.0 Å². The first kappa shape index (κ1) is 17.9. The molecule has 1 aromatic rings. The van der Waals surface area contributed by atoms with Gasteiger partial charge < -0.3 is 14.4 Å². The third kappa shape index (κ3) is 3.71. The van der Waals surface area contributed by atoms with Gasteiger partial charge in [-0.2, -0.15) is 0 Å². The van der Waals surface area contributed by atoms with Crippen LogP contribution >= 0.6 is 11.8 Å². The lowest BCUT2D eigenvalue weighted by Gasteiger charge is -2.25. The predicted molar refractivity (Wildman–Crippen MR) is 94.7 cm³/mol. The van der Waals surface area contributed by atoms with Crippen LogP contribution in [0.5, 0.6) is 0 Å². The molecule has 0 radical (unpaired) electrons. The summed E-state index contributed by atoms with van der Waals surface area (Å²) < 4.78 is 9.72. The summed E-state index contributed by atoms with van der Waals surface area (Å²) in [6.07, 6.45) is 6.72. The van der Waals surface area contributed by atoms with Gasteiger partial charge in [-0.15, -0.1) is 11.8 Å². The maximum Gasteiger partial charge on any atom is 0.355 e. The van der Waals surface area contributed by atoms with Crippen molar-refractivity contribution in [3.63, 3.8) is 0 Å². The predicted octanol–water partition coefficient (Wildman–Crippen LogP) is 3.29. The average molecular weight is 345 g/mol. The maximum atomic E-state index is 12.4. The highest BCUT2D eigenvalue weighted by Crippen LogP contribution is 2.34. The summed E-state index contributed by atoms with van der Waals surface area (Å²) in [4.78, 5) is 27.2. The Kier molecular flexibility index (Phi) is 6.26. The molecule has 1 aromatic carbocycles. The standard InChI is InChI=1S/C18H19NO4S/c1-4-24-15-11-6-5-10-14(15)19-12-8-7-9-13(17(20)22-2)16(19)18(21)23-3/h5-12H,4H2,1-3H3. The van der Waals surface area contributed by atoms with Crippen molar-refractivity contribution in [3.05, 3.63) is 60.0 Å². The number of ether oxygens (including phenoxy) is 2. The Morgan fingerprint density at radius 2 is 1.79 bits per heavy atom. The molecular formula is C18H19NO4S. The van der Waals surface area contributed by atoms with Gasteiger partial charge in [0.2, 0.25) is 0 Å². The number of thioether (sulfide) groups is 1. The van der Waals surface area contributed by atoms with Gasteiger partial charge in [0.15, 0.2) is 0 Å². The van der Waals surface area contributed by atoms with Crippen LogP contribution in [0.4, 0.5) is 5.69 Å². The SMILES string of the molecule is CCSc1ccccc1N1C=CC=CC(C(=O)OC)=C1C(=O)OC. The summed E-state index contributed by atoms with van der Waals surface area (Å²) in [5, 5.41) is 0. The second-order valence-corrected chi connectivity index (χ2v) is 6.02. The van der Waals surface area contributed by atoms with Crippen LogP contribution in [0.2, 0.25) is 0 Å². The minimum Gasteiger partial charge on any atom is -0.465 e. The molecule has 2 rings (SSSR count). The summed E-state index contributed by atoms with van der Waals surface area (Å²) in [5.41, 5.74) is 1.07. The van der Waals surface area contributed by atoms with Crippen molar-refractivity contribution >= 4 is 29.4 Å². The Morgan fingerprint density at radius 3 is 2.46 bits per heavy atom. The lowest BCUT2D eigenvalue weighted by molar-refractivity contribution is -0.139. The van der Waals surface area contributed by atoms with Crippen molar-refractivity contribution in [3.8, 4) is 0 Å². The van der Waals surface area contributed by atoms with Gasteiger partial charge >= 0.3 is 11.9 Å². The molecule has 0 saturated carbocycles. The molecule has 0 fully saturated rings. The highest BCUT2D eigenvalue weighted by molar-refractivity contribution is 7.99. The molecule has 6 heteroatoms. The maximum absolute atomic E-state index is 12.4. The van der Waals surface area contributed by atoms with Gasteiger partial charge in [-0.1, -0.05) is 25.1 Å². The van der Waals surface area contributed by atoms with E-state index in [0.717, 1.165) is 16.3 Å². The number of methoxy groups -OCH3 is 2. The van der Waals surface area contributed by atoms with Gasteiger partial charge in [-0.3, -0.25) is 0 Å². The Bertz CT molecular complexity index is 721. The van der Waals surface area contributed by atoms with E-state index in [1.807, 2.05) is 24.3 Å². The van der Waals surface area contributed by atoms with Crippen LogP contribution in [0.25, 0.3) is 0 Å². The lowest BCUT2D eigenvalue weighted by Crippen LogP contribution is -2.27. The minimum absolute atomic E-state index is 0.124. The molecule has 5 nitrogen and oxygen atoms in total. The van der Waals surface area contributed by atoms with Crippen molar-refractivity contribution in [2.75, 3.05) is 24.9 Å². The second kappa shape index (κ2) is 8.40. The van der Waals surface area contributed by atoms with Crippen molar-refractivity contribution in [1.82, 2.24) is 0 Å². The lowest BCUT2D eigenvalue weighted by atomic mass is 10.1. The summed E-state index contributed by atoms with van der Waals surface area (Å²) in [6, 6.07) is 7.69. The number of allylic oxidation sites excluding steroid dienone is 2. The van der Waals surface area contributed by atoms with Crippen LogP contribution < -0.4 is 4.90 Å². The van der Waals surface area contributed by atoms with E-state index < -0.39 is 11.9 Å². The first-order chi connectivity index (χ1) is 11.6. The number of benzene rings is 1.